The molecule has 0 fully saturated rings. The lowest BCUT2D eigenvalue weighted by Gasteiger charge is -2.26. The van der Waals surface area contributed by atoms with Gasteiger partial charge in [-0.3, -0.25) is 14.7 Å². The maximum Gasteiger partial charge on any atom is 0.260 e. The molecule has 4 aromatic rings. The lowest BCUT2D eigenvalue weighted by Crippen LogP contribution is -2.37. The Kier molecular flexibility index (Phi) is 8.60. The van der Waals surface area contributed by atoms with Crippen LogP contribution in [0.25, 0.3) is 10.2 Å². The van der Waals surface area contributed by atoms with Gasteiger partial charge >= 0.3 is 0 Å². The summed E-state index contributed by atoms with van der Waals surface area (Å²) in [6.45, 7) is 11.1. The Morgan fingerprint density at radius 3 is 2.18 bits per heavy atom. The smallest absolute Gasteiger partial charge is 0.260 e. The molecule has 0 saturated heterocycles. The summed E-state index contributed by atoms with van der Waals surface area (Å²) in [6.07, 6.45) is 1.69. The van der Waals surface area contributed by atoms with E-state index in [1.54, 1.807) is 23.2 Å². The van der Waals surface area contributed by atoms with Gasteiger partial charge in [-0.25, -0.2) is 13.4 Å². The van der Waals surface area contributed by atoms with Crippen LogP contribution in [-0.4, -0.2) is 41.7 Å². The molecule has 2 heterocycles. The number of hydrogen-bond acceptors (Lipinski definition) is 6. The number of nitrogens with zero attached hydrogens (tertiary/aromatic N) is 4. The van der Waals surface area contributed by atoms with Crippen LogP contribution in [0.3, 0.4) is 0 Å². The third-order valence-corrected chi connectivity index (χ3v) is 8.90. The molecule has 2 aromatic heterocycles. The molecule has 0 aliphatic heterocycles. The van der Waals surface area contributed by atoms with Gasteiger partial charge in [0, 0.05) is 24.8 Å². The number of rotatable bonds is 10. The van der Waals surface area contributed by atoms with E-state index in [1.165, 1.54) is 27.8 Å². The summed E-state index contributed by atoms with van der Waals surface area (Å²) in [7, 11) is -3.69. The van der Waals surface area contributed by atoms with E-state index in [1.807, 2.05) is 71.0 Å². The molecule has 0 aliphatic carbocycles. The Balaban J connectivity index is 1.67. The molecule has 38 heavy (non-hydrogen) atoms. The van der Waals surface area contributed by atoms with Crippen molar-refractivity contribution < 1.29 is 13.2 Å². The summed E-state index contributed by atoms with van der Waals surface area (Å²) in [5.41, 5.74) is 3.02. The zero-order valence-corrected chi connectivity index (χ0v) is 24.1. The summed E-state index contributed by atoms with van der Waals surface area (Å²) in [5.74, 6) is 0.126. The number of fused-ring (bicyclic) bond motifs is 1. The summed E-state index contributed by atoms with van der Waals surface area (Å²) < 4.78 is 29.4. The van der Waals surface area contributed by atoms with Crippen LogP contribution >= 0.6 is 11.3 Å². The van der Waals surface area contributed by atoms with Gasteiger partial charge in [0.25, 0.3) is 5.91 Å². The zero-order chi connectivity index (χ0) is 27.4. The highest BCUT2D eigenvalue weighted by Gasteiger charge is 2.27. The van der Waals surface area contributed by atoms with Crippen molar-refractivity contribution in [1.29, 1.82) is 0 Å². The normalized spacial score (nSPS) is 12.1. The average Bonchev–Trinajstić information content (AvgIpc) is 3.32. The Morgan fingerprint density at radius 1 is 0.921 bits per heavy atom. The predicted molar refractivity (Wildman–Crippen MR) is 154 cm³/mol. The quantitative estimate of drug-likeness (QED) is 0.237. The Labute approximate surface area is 229 Å². The monoisotopic (exact) mass is 550 g/mol. The molecule has 0 spiro atoms. The first-order valence-electron chi connectivity index (χ1n) is 12.7. The lowest BCUT2D eigenvalue weighted by atomic mass is 10.2. The van der Waals surface area contributed by atoms with Gasteiger partial charge in [0.2, 0.25) is 10.0 Å². The first kappa shape index (κ1) is 27.9. The predicted octanol–water partition coefficient (Wildman–Crippen LogP) is 6.15. The first-order valence-corrected chi connectivity index (χ1v) is 15.0. The van der Waals surface area contributed by atoms with Crippen molar-refractivity contribution in [3.05, 3.63) is 83.7 Å². The van der Waals surface area contributed by atoms with E-state index in [2.05, 4.69) is 4.98 Å². The summed E-state index contributed by atoms with van der Waals surface area (Å²) in [6, 6.07) is 17.8. The van der Waals surface area contributed by atoms with E-state index in [0.717, 1.165) is 21.5 Å². The Hall–Kier alpha value is -3.14. The number of hydrogen-bond donors (Lipinski definition) is 0. The number of para-hydroxylation sites is 1. The molecule has 0 aliphatic rings. The molecule has 0 N–H and O–H groups in total. The highest BCUT2D eigenvalue weighted by molar-refractivity contribution is 7.89. The second kappa shape index (κ2) is 11.7. The van der Waals surface area contributed by atoms with Gasteiger partial charge in [-0.15, -0.1) is 0 Å². The number of anilines is 1. The minimum atomic E-state index is -3.69. The maximum atomic E-state index is 13.8. The largest absolute Gasteiger partial charge is 0.278 e. The van der Waals surface area contributed by atoms with Crippen LogP contribution in [0.15, 0.2) is 71.8 Å². The standard InChI is InChI=1S/C29H34N4O3S2/c1-20(2)17-32(18-21(3)4)38(35,36)25-14-12-23(13-15-25)28(34)33(19-24-10-6-7-16-30-24)29-31-27-22(5)9-8-11-26(27)37-29/h6-16,20-21H,17-19H2,1-5H3. The van der Waals surface area contributed by atoms with Crippen LogP contribution in [0.4, 0.5) is 5.13 Å². The van der Waals surface area contributed by atoms with E-state index >= 15 is 0 Å². The molecule has 9 heteroatoms. The number of carbonyl (C=O) groups excluding carboxylic acids is 1. The number of aryl methyl sites for hydroxylation is 1. The van der Waals surface area contributed by atoms with E-state index in [9.17, 15) is 13.2 Å². The molecular weight excluding hydrogens is 516 g/mol. The molecule has 7 nitrogen and oxygen atoms in total. The molecule has 0 bridgehead atoms. The van der Waals surface area contributed by atoms with Crippen molar-refractivity contribution in [3.8, 4) is 0 Å². The number of carbonyl (C=O) groups is 1. The average molecular weight is 551 g/mol. The van der Waals surface area contributed by atoms with Crippen molar-refractivity contribution in [2.24, 2.45) is 11.8 Å². The van der Waals surface area contributed by atoms with Crippen LogP contribution < -0.4 is 4.90 Å². The summed E-state index contributed by atoms with van der Waals surface area (Å²) in [5, 5.41) is 0.571. The lowest BCUT2D eigenvalue weighted by molar-refractivity contribution is 0.0984. The fraction of sp³-hybridized carbons (Fsp3) is 0.345. The van der Waals surface area contributed by atoms with Crippen LogP contribution in [-0.2, 0) is 16.6 Å². The van der Waals surface area contributed by atoms with Crippen molar-refractivity contribution >= 4 is 42.6 Å². The number of sulfonamides is 1. The number of benzene rings is 2. The van der Waals surface area contributed by atoms with Gasteiger partial charge in [0.05, 0.1) is 27.4 Å². The van der Waals surface area contributed by atoms with Gasteiger partial charge in [-0.2, -0.15) is 4.31 Å². The van der Waals surface area contributed by atoms with E-state index < -0.39 is 10.0 Å². The number of aromatic nitrogens is 2. The van der Waals surface area contributed by atoms with E-state index in [-0.39, 0.29) is 29.2 Å². The fourth-order valence-corrected chi connectivity index (χ4v) is 7.04. The van der Waals surface area contributed by atoms with Gasteiger partial charge < -0.3 is 0 Å². The van der Waals surface area contributed by atoms with Crippen LogP contribution in [0, 0.1) is 18.8 Å². The van der Waals surface area contributed by atoms with Gasteiger partial charge in [-0.1, -0.05) is 57.2 Å². The van der Waals surface area contributed by atoms with Crippen LogP contribution in [0.5, 0.6) is 0 Å². The second-order valence-electron chi connectivity index (χ2n) is 10.3. The van der Waals surface area contributed by atoms with Crippen molar-refractivity contribution in [2.75, 3.05) is 18.0 Å². The second-order valence-corrected chi connectivity index (χ2v) is 13.2. The van der Waals surface area contributed by atoms with Crippen molar-refractivity contribution in [1.82, 2.24) is 14.3 Å². The molecule has 200 valence electrons. The highest BCUT2D eigenvalue weighted by Crippen LogP contribution is 2.32. The minimum absolute atomic E-state index is 0.183. The van der Waals surface area contributed by atoms with Crippen LogP contribution in [0.1, 0.15) is 49.3 Å². The fourth-order valence-electron chi connectivity index (χ4n) is 4.23. The Bertz CT molecular complexity index is 1490. The SMILES string of the molecule is Cc1cccc2sc(N(Cc3ccccn3)C(=O)c3ccc(S(=O)(=O)N(CC(C)C)CC(C)C)cc3)nc12. The highest BCUT2D eigenvalue weighted by atomic mass is 32.2. The third-order valence-electron chi connectivity index (χ3n) is 6.01. The van der Waals surface area contributed by atoms with Gasteiger partial charge in [0.1, 0.15) is 0 Å². The first-order chi connectivity index (χ1) is 18.1. The van der Waals surface area contributed by atoms with E-state index in [4.69, 9.17) is 4.98 Å². The third kappa shape index (κ3) is 6.28. The number of thiazole rings is 1. The van der Waals surface area contributed by atoms with Crippen molar-refractivity contribution in [3.63, 3.8) is 0 Å². The molecule has 0 saturated carbocycles. The van der Waals surface area contributed by atoms with Gasteiger partial charge in [-0.05, 0) is 66.8 Å². The maximum absolute atomic E-state index is 13.8. The number of pyridine rings is 1. The molecular formula is C29H34N4O3S2. The number of amides is 1. The summed E-state index contributed by atoms with van der Waals surface area (Å²) in [4.78, 5) is 24.8. The molecule has 4 rings (SSSR count). The topological polar surface area (TPSA) is 83.5 Å². The summed E-state index contributed by atoms with van der Waals surface area (Å²) >= 11 is 1.45. The van der Waals surface area contributed by atoms with Crippen molar-refractivity contribution in [2.45, 2.75) is 46.1 Å². The van der Waals surface area contributed by atoms with Gasteiger partial charge in [0.15, 0.2) is 5.13 Å². The zero-order valence-electron chi connectivity index (χ0n) is 22.5. The van der Waals surface area contributed by atoms with E-state index in [0.29, 0.717) is 23.8 Å². The molecule has 2 aromatic carbocycles. The van der Waals surface area contributed by atoms with Crippen LogP contribution in [0.2, 0.25) is 0 Å². The Morgan fingerprint density at radius 2 is 1.61 bits per heavy atom. The molecule has 0 radical (unpaired) electrons. The molecule has 0 unspecified atom stereocenters. The molecule has 0 atom stereocenters. The minimum Gasteiger partial charge on any atom is -0.278 e. The molecule has 1 amide bonds.